The van der Waals surface area contributed by atoms with Gasteiger partial charge in [0, 0.05) is 31.9 Å². The number of benzene rings is 2. The summed E-state index contributed by atoms with van der Waals surface area (Å²) in [5.74, 6) is -0.200. The molecule has 0 radical (unpaired) electrons. The second-order valence-electron chi connectivity index (χ2n) is 6.73. The molecule has 1 aliphatic heterocycles. The summed E-state index contributed by atoms with van der Waals surface area (Å²) >= 11 is 12.1. The molecule has 0 bridgehead atoms. The molecule has 0 spiro atoms. The molecule has 10 heteroatoms. The average Bonchev–Trinajstić information content (AvgIpc) is 3.25. The van der Waals surface area contributed by atoms with E-state index in [4.69, 9.17) is 23.2 Å². The van der Waals surface area contributed by atoms with Gasteiger partial charge in [0.05, 0.1) is 22.6 Å². The monoisotopic (exact) mass is 464 g/mol. The van der Waals surface area contributed by atoms with Gasteiger partial charge < -0.3 is 4.90 Å². The van der Waals surface area contributed by atoms with E-state index in [-0.39, 0.29) is 47.0 Å². The summed E-state index contributed by atoms with van der Waals surface area (Å²) in [7, 11) is -3.81. The molecule has 1 aliphatic rings. The Hall–Kier alpha value is -2.39. The van der Waals surface area contributed by atoms with E-state index in [1.165, 1.54) is 22.6 Å². The number of piperazine rings is 1. The van der Waals surface area contributed by atoms with Crippen molar-refractivity contribution in [3.8, 4) is 5.69 Å². The number of carbonyl (C=O) groups is 1. The predicted octanol–water partition coefficient (Wildman–Crippen LogP) is 3.33. The Morgan fingerprint density at radius 2 is 1.63 bits per heavy atom. The lowest BCUT2D eigenvalue weighted by atomic mass is 10.3. The van der Waals surface area contributed by atoms with Crippen LogP contribution >= 0.6 is 23.2 Å². The fraction of sp³-hybridized carbons (Fsp3) is 0.200. The lowest BCUT2D eigenvalue weighted by molar-refractivity contribution is 0.0690. The summed E-state index contributed by atoms with van der Waals surface area (Å²) in [4.78, 5) is 18.7. The van der Waals surface area contributed by atoms with Crippen molar-refractivity contribution in [2.24, 2.45) is 0 Å². The van der Waals surface area contributed by atoms with Gasteiger partial charge in [0.15, 0.2) is 0 Å². The number of imidazole rings is 1. The zero-order valence-corrected chi connectivity index (χ0v) is 18.1. The van der Waals surface area contributed by atoms with E-state index in [0.29, 0.717) is 5.69 Å². The topological polar surface area (TPSA) is 75.5 Å². The van der Waals surface area contributed by atoms with Crippen LogP contribution in [0.3, 0.4) is 0 Å². The first-order valence-corrected chi connectivity index (χ1v) is 11.4. The lowest BCUT2D eigenvalue weighted by Crippen LogP contribution is -2.50. The molecule has 1 aromatic heterocycles. The van der Waals surface area contributed by atoms with E-state index < -0.39 is 10.0 Å². The Balaban J connectivity index is 1.50. The molecular weight excluding hydrogens is 447 g/mol. The standard InChI is InChI=1S/C20H18Cl2N4O3S/c21-16-7-4-8-18(19(16)22)30(28,29)25-11-9-24(10-12-25)20(27)17-13-23-14-26(17)15-5-2-1-3-6-15/h1-8,13-14H,9-12H2. The number of carbonyl (C=O) groups excluding carboxylic acids is 1. The normalized spacial score (nSPS) is 15.3. The molecule has 0 aliphatic carbocycles. The second kappa shape index (κ2) is 8.39. The molecule has 2 aromatic carbocycles. The predicted molar refractivity (Wildman–Crippen MR) is 115 cm³/mol. The minimum absolute atomic E-state index is 0.00411. The largest absolute Gasteiger partial charge is 0.335 e. The number of para-hydroxylation sites is 1. The van der Waals surface area contributed by atoms with Gasteiger partial charge in [0.25, 0.3) is 5.91 Å². The molecule has 1 saturated heterocycles. The van der Waals surface area contributed by atoms with E-state index in [0.717, 1.165) is 5.69 Å². The summed E-state index contributed by atoms with van der Waals surface area (Å²) in [6.45, 7) is 0.846. The maximum Gasteiger partial charge on any atom is 0.272 e. The minimum atomic E-state index is -3.81. The van der Waals surface area contributed by atoms with Gasteiger partial charge in [0.2, 0.25) is 10.0 Å². The second-order valence-corrected chi connectivity index (χ2v) is 9.42. The molecule has 3 aromatic rings. The van der Waals surface area contributed by atoms with E-state index in [1.54, 1.807) is 21.9 Å². The van der Waals surface area contributed by atoms with Crippen molar-refractivity contribution in [1.82, 2.24) is 18.8 Å². The van der Waals surface area contributed by atoms with Crippen LogP contribution in [0.2, 0.25) is 10.0 Å². The SMILES string of the molecule is O=C(c1cncn1-c1ccccc1)N1CCN(S(=O)(=O)c2cccc(Cl)c2Cl)CC1. The summed E-state index contributed by atoms with van der Waals surface area (Å²) < 4.78 is 29.0. The number of hydrogen-bond acceptors (Lipinski definition) is 4. The Labute approximate surface area is 184 Å². The van der Waals surface area contributed by atoms with Crippen LogP contribution < -0.4 is 0 Å². The van der Waals surface area contributed by atoms with E-state index in [2.05, 4.69) is 4.98 Å². The van der Waals surface area contributed by atoms with E-state index in [1.807, 2.05) is 30.3 Å². The first-order valence-electron chi connectivity index (χ1n) is 9.21. The van der Waals surface area contributed by atoms with Crippen molar-refractivity contribution in [2.45, 2.75) is 4.90 Å². The van der Waals surface area contributed by atoms with Gasteiger partial charge in [-0.05, 0) is 24.3 Å². The number of hydrogen-bond donors (Lipinski definition) is 0. The highest BCUT2D eigenvalue weighted by molar-refractivity contribution is 7.89. The van der Waals surface area contributed by atoms with Gasteiger partial charge in [-0.1, -0.05) is 47.5 Å². The maximum absolute atomic E-state index is 13.0. The van der Waals surface area contributed by atoms with Crippen LogP contribution in [0, 0.1) is 0 Å². The van der Waals surface area contributed by atoms with Crippen molar-refractivity contribution in [1.29, 1.82) is 0 Å². The fourth-order valence-corrected chi connectivity index (χ4v) is 5.52. The van der Waals surface area contributed by atoms with Crippen LogP contribution in [0.4, 0.5) is 0 Å². The number of rotatable bonds is 4. The molecule has 0 atom stereocenters. The molecule has 0 N–H and O–H groups in total. The van der Waals surface area contributed by atoms with E-state index in [9.17, 15) is 13.2 Å². The van der Waals surface area contributed by atoms with Crippen molar-refractivity contribution in [3.05, 3.63) is 76.8 Å². The molecule has 4 rings (SSSR count). The lowest BCUT2D eigenvalue weighted by Gasteiger charge is -2.34. The molecule has 1 amide bonds. The first kappa shape index (κ1) is 20.9. The van der Waals surface area contributed by atoms with Gasteiger partial charge in [-0.3, -0.25) is 9.36 Å². The Morgan fingerprint density at radius 1 is 0.933 bits per heavy atom. The molecule has 30 heavy (non-hydrogen) atoms. The Bertz CT molecular complexity index is 1170. The molecule has 0 saturated carbocycles. The number of aromatic nitrogens is 2. The van der Waals surface area contributed by atoms with Crippen LogP contribution in [-0.4, -0.2) is 59.3 Å². The number of halogens is 2. The summed E-state index contributed by atoms with van der Waals surface area (Å²) in [5, 5.41) is 0.185. The molecule has 1 fully saturated rings. The Kier molecular flexibility index (Phi) is 5.84. The quantitative estimate of drug-likeness (QED) is 0.593. The molecule has 2 heterocycles. The summed E-state index contributed by atoms with van der Waals surface area (Å²) in [6, 6.07) is 14.0. The maximum atomic E-state index is 13.0. The number of nitrogens with zero attached hydrogens (tertiary/aromatic N) is 4. The molecule has 0 unspecified atom stereocenters. The molecule has 156 valence electrons. The van der Waals surface area contributed by atoms with Gasteiger partial charge in [-0.25, -0.2) is 13.4 Å². The van der Waals surface area contributed by atoms with Crippen LogP contribution in [0.5, 0.6) is 0 Å². The zero-order valence-electron chi connectivity index (χ0n) is 15.8. The highest BCUT2D eigenvalue weighted by Crippen LogP contribution is 2.31. The molecule has 7 nitrogen and oxygen atoms in total. The third-order valence-electron chi connectivity index (χ3n) is 4.95. The minimum Gasteiger partial charge on any atom is -0.335 e. The Morgan fingerprint density at radius 3 is 2.33 bits per heavy atom. The summed E-state index contributed by atoms with van der Waals surface area (Å²) in [5.41, 5.74) is 1.26. The highest BCUT2D eigenvalue weighted by atomic mass is 35.5. The van der Waals surface area contributed by atoms with Crippen molar-refractivity contribution >= 4 is 39.1 Å². The zero-order chi connectivity index (χ0) is 21.3. The first-order chi connectivity index (χ1) is 14.4. The van der Waals surface area contributed by atoms with Crippen LogP contribution in [-0.2, 0) is 10.0 Å². The van der Waals surface area contributed by atoms with Crippen molar-refractivity contribution in [2.75, 3.05) is 26.2 Å². The van der Waals surface area contributed by atoms with Crippen LogP contribution in [0.15, 0.2) is 66.0 Å². The van der Waals surface area contributed by atoms with Gasteiger partial charge in [-0.15, -0.1) is 0 Å². The van der Waals surface area contributed by atoms with Gasteiger partial charge in [-0.2, -0.15) is 4.31 Å². The highest BCUT2D eigenvalue weighted by Gasteiger charge is 2.32. The smallest absolute Gasteiger partial charge is 0.272 e. The average molecular weight is 465 g/mol. The third-order valence-corrected chi connectivity index (χ3v) is 7.82. The fourth-order valence-electron chi connectivity index (χ4n) is 3.36. The van der Waals surface area contributed by atoms with Gasteiger partial charge >= 0.3 is 0 Å². The van der Waals surface area contributed by atoms with Crippen molar-refractivity contribution in [3.63, 3.8) is 0 Å². The van der Waals surface area contributed by atoms with Crippen LogP contribution in [0.25, 0.3) is 5.69 Å². The van der Waals surface area contributed by atoms with Crippen molar-refractivity contribution < 1.29 is 13.2 Å². The van der Waals surface area contributed by atoms with Crippen LogP contribution in [0.1, 0.15) is 10.5 Å². The summed E-state index contributed by atoms with van der Waals surface area (Å²) in [6.07, 6.45) is 3.11. The molecular formula is C20H18Cl2N4O3S. The number of sulfonamides is 1. The van der Waals surface area contributed by atoms with Gasteiger partial charge in [0.1, 0.15) is 10.6 Å². The van der Waals surface area contributed by atoms with E-state index >= 15 is 0 Å². The number of amides is 1. The third kappa shape index (κ3) is 3.83.